The Morgan fingerprint density at radius 1 is 0.517 bits per heavy atom. The van der Waals surface area contributed by atoms with Crippen molar-refractivity contribution in [2.45, 2.75) is 11.8 Å². The van der Waals surface area contributed by atoms with E-state index in [1.165, 1.54) is 5.48 Å². The van der Waals surface area contributed by atoms with Crippen LogP contribution in [0, 0.1) is 0 Å². The molecule has 0 saturated carbocycles. The van der Waals surface area contributed by atoms with Gasteiger partial charge in [-0.2, -0.15) is 5.48 Å². The van der Waals surface area contributed by atoms with E-state index < -0.39 is 53.5 Å². The molecule has 3 aliphatic heterocycles. The molecule has 0 unspecified atom stereocenters. The number of carbonyl (C=O) groups excluding carboxylic acids is 7. The first-order valence-corrected chi connectivity index (χ1v) is 7.36. The van der Waals surface area contributed by atoms with E-state index in [1.54, 1.807) is 0 Å². The van der Waals surface area contributed by atoms with Crippen LogP contribution in [-0.2, 0) is 62.1 Å². The zero-order valence-electron chi connectivity index (χ0n) is 13.8. The maximum atomic E-state index is 12.7. The summed E-state index contributed by atoms with van der Waals surface area (Å²) in [6.07, 6.45) is 2.95. The van der Waals surface area contributed by atoms with Crippen LogP contribution < -0.4 is 5.48 Å². The van der Waals surface area contributed by atoms with Crippen LogP contribution in [-0.4, -0.2) is 53.5 Å². The number of carbonyl (C=O) groups is 7. The molecule has 3 aliphatic rings. The molecule has 0 aromatic carbocycles. The third-order valence-corrected chi connectivity index (χ3v) is 3.21. The van der Waals surface area contributed by atoms with E-state index in [4.69, 9.17) is 23.7 Å². The predicted octanol–water partition coefficient (Wildman–Crippen LogP) is -2.66. The molecule has 0 fully saturated rings. The fraction of sp³-hybridized carbons (Fsp3) is 0.133. The van der Waals surface area contributed by atoms with Crippen molar-refractivity contribution in [1.29, 1.82) is 0 Å². The molecular formula is C15H7NO13. The van der Waals surface area contributed by atoms with Gasteiger partial charge in [-0.05, 0) is 0 Å². The molecule has 1 amide bonds. The number of fused-ring (bicyclic) bond motifs is 1. The van der Waals surface area contributed by atoms with Gasteiger partial charge in [0.15, 0.2) is 0 Å². The molecule has 0 aromatic heterocycles. The molecule has 0 saturated heterocycles. The van der Waals surface area contributed by atoms with Crippen molar-refractivity contribution in [3.05, 3.63) is 36.5 Å². The topological polar surface area (TPSA) is 187 Å². The maximum absolute atomic E-state index is 12.7. The van der Waals surface area contributed by atoms with Gasteiger partial charge >= 0.3 is 53.5 Å². The van der Waals surface area contributed by atoms with Crippen molar-refractivity contribution >= 4 is 41.7 Å². The van der Waals surface area contributed by atoms with Crippen molar-refractivity contribution in [2.75, 3.05) is 0 Å². The first-order chi connectivity index (χ1) is 13.7. The summed E-state index contributed by atoms with van der Waals surface area (Å²) in [6.45, 7) is 0. The molecule has 0 atom stereocenters. The predicted molar refractivity (Wildman–Crippen MR) is 77.6 cm³/mol. The van der Waals surface area contributed by atoms with Crippen molar-refractivity contribution in [3.8, 4) is 0 Å². The lowest BCUT2D eigenvalue weighted by Gasteiger charge is -2.40. The first kappa shape index (κ1) is 19.3. The third kappa shape index (κ3) is 3.53. The molecule has 0 aliphatic carbocycles. The lowest BCUT2D eigenvalue weighted by Crippen LogP contribution is -2.71. The number of ether oxygens (including phenoxy) is 5. The first-order valence-electron chi connectivity index (χ1n) is 7.36. The summed E-state index contributed by atoms with van der Waals surface area (Å²) in [6, 6.07) is 0. The van der Waals surface area contributed by atoms with E-state index >= 15 is 0 Å². The summed E-state index contributed by atoms with van der Waals surface area (Å²) in [5, 5.41) is 0. The number of rotatable bonds is 0. The minimum atomic E-state index is -3.61. The monoisotopic (exact) mass is 409 g/mol. The summed E-state index contributed by atoms with van der Waals surface area (Å²) in [5.74, 6) is -17.7. The standard InChI is InChI=1S/C15H7NO13/c17-7-1-2-8(18)25-14(24-7)13(23)16-29-12(22)6-5-11(21)28-15(14)26-9(19)3-4-10(20)27-15/h1-6H,(H,16,23)/b6-5-. The van der Waals surface area contributed by atoms with Gasteiger partial charge in [0.2, 0.25) is 0 Å². The van der Waals surface area contributed by atoms with E-state index in [0.29, 0.717) is 36.5 Å². The van der Waals surface area contributed by atoms with Gasteiger partial charge in [-0.25, -0.2) is 28.8 Å². The Kier molecular flexibility index (Phi) is 4.60. The molecule has 14 heteroatoms. The number of hydrogen-bond donors (Lipinski definition) is 1. The molecule has 29 heavy (non-hydrogen) atoms. The fourth-order valence-electron chi connectivity index (χ4n) is 2.10. The maximum Gasteiger partial charge on any atom is 0.518 e. The van der Waals surface area contributed by atoms with Gasteiger partial charge in [-0.3, -0.25) is 4.79 Å². The molecule has 3 heterocycles. The van der Waals surface area contributed by atoms with Gasteiger partial charge in [0.05, 0.1) is 0 Å². The highest BCUT2D eigenvalue weighted by atomic mass is 16.9. The summed E-state index contributed by atoms with van der Waals surface area (Å²) in [5.41, 5.74) is 1.45. The summed E-state index contributed by atoms with van der Waals surface area (Å²) in [4.78, 5) is 88.3. The molecule has 14 nitrogen and oxygen atoms in total. The van der Waals surface area contributed by atoms with Gasteiger partial charge in [-0.15, -0.1) is 0 Å². The Bertz CT molecular complexity index is 900. The number of esters is 5. The van der Waals surface area contributed by atoms with Crippen molar-refractivity contribution in [2.24, 2.45) is 0 Å². The van der Waals surface area contributed by atoms with E-state index in [1.807, 2.05) is 0 Å². The van der Waals surface area contributed by atoms with Crippen LogP contribution >= 0.6 is 0 Å². The molecule has 0 aromatic rings. The smallest absolute Gasteiger partial charge is 0.401 e. The number of nitrogens with one attached hydrogen (secondary N) is 1. The van der Waals surface area contributed by atoms with Gasteiger partial charge in [0.1, 0.15) is 0 Å². The number of amides is 1. The molecule has 150 valence electrons. The van der Waals surface area contributed by atoms with Crippen LogP contribution in [0.3, 0.4) is 0 Å². The second-order valence-electron chi connectivity index (χ2n) is 5.13. The van der Waals surface area contributed by atoms with E-state index in [0.717, 1.165) is 0 Å². The average molecular weight is 409 g/mol. The number of hydrogen-bond acceptors (Lipinski definition) is 13. The largest absolute Gasteiger partial charge is 0.518 e. The Labute approximate surface area is 158 Å². The van der Waals surface area contributed by atoms with Crippen LogP contribution in [0.1, 0.15) is 0 Å². The highest BCUT2D eigenvalue weighted by Gasteiger charge is 2.75. The van der Waals surface area contributed by atoms with Crippen LogP contribution in [0.5, 0.6) is 0 Å². The van der Waals surface area contributed by atoms with Crippen LogP contribution in [0.2, 0.25) is 0 Å². The summed E-state index contributed by atoms with van der Waals surface area (Å²) in [7, 11) is 0. The van der Waals surface area contributed by atoms with Crippen LogP contribution in [0.25, 0.3) is 0 Å². The molecule has 0 radical (unpaired) electrons. The van der Waals surface area contributed by atoms with Gasteiger partial charge in [0, 0.05) is 36.5 Å². The Morgan fingerprint density at radius 2 is 0.862 bits per heavy atom. The minimum absolute atomic E-state index is 0.424. The minimum Gasteiger partial charge on any atom is -0.401 e. The lowest BCUT2D eigenvalue weighted by molar-refractivity contribution is -0.422. The van der Waals surface area contributed by atoms with E-state index in [9.17, 15) is 33.6 Å². The fourth-order valence-corrected chi connectivity index (χ4v) is 2.10. The van der Waals surface area contributed by atoms with Crippen molar-refractivity contribution in [3.63, 3.8) is 0 Å². The quantitative estimate of drug-likeness (QED) is 0.323. The van der Waals surface area contributed by atoms with Gasteiger partial charge < -0.3 is 28.5 Å². The second kappa shape index (κ2) is 6.91. The van der Waals surface area contributed by atoms with Crippen LogP contribution in [0.4, 0.5) is 0 Å². The van der Waals surface area contributed by atoms with E-state index in [-0.39, 0.29) is 0 Å². The summed E-state index contributed by atoms with van der Waals surface area (Å²) >= 11 is 0. The Balaban J connectivity index is 2.26. The SMILES string of the molecule is O=C1C=CC(=O)OC2(O1)OC(=O)/C=C\C(=O)ONC(=O)C21OC(=O)C=CC(=O)O1. The molecule has 1 N–H and O–H groups in total. The van der Waals surface area contributed by atoms with Gasteiger partial charge in [0.25, 0.3) is 0 Å². The lowest BCUT2D eigenvalue weighted by atomic mass is 10.2. The zero-order chi connectivity index (χ0) is 21.2. The Hall–Kier alpha value is -4.49. The highest BCUT2D eigenvalue weighted by molar-refractivity contribution is 6.01. The van der Waals surface area contributed by atoms with E-state index in [2.05, 4.69) is 4.84 Å². The molecule has 2 spiro atoms. The van der Waals surface area contributed by atoms with Gasteiger partial charge in [-0.1, -0.05) is 0 Å². The zero-order valence-corrected chi connectivity index (χ0v) is 13.8. The Morgan fingerprint density at radius 3 is 1.28 bits per heavy atom. The molecule has 3 rings (SSSR count). The van der Waals surface area contributed by atoms with Crippen molar-refractivity contribution < 1.29 is 62.1 Å². The second-order valence-corrected chi connectivity index (χ2v) is 5.13. The number of hydroxylamine groups is 1. The normalized spacial score (nSPS) is 24.1. The average Bonchev–Trinajstić information content (AvgIpc) is 2.90. The van der Waals surface area contributed by atoms with Crippen molar-refractivity contribution in [1.82, 2.24) is 5.48 Å². The highest BCUT2D eigenvalue weighted by Crippen LogP contribution is 2.38. The summed E-state index contributed by atoms with van der Waals surface area (Å²) < 4.78 is 23.6. The third-order valence-electron chi connectivity index (χ3n) is 3.21. The molecule has 0 bridgehead atoms. The molecular weight excluding hydrogens is 402 g/mol. The van der Waals surface area contributed by atoms with Crippen LogP contribution in [0.15, 0.2) is 36.5 Å².